The summed E-state index contributed by atoms with van der Waals surface area (Å²) in [7, 11) is 1.90. The SMILES string of the molecule is CC(=O)Cc1cnc2c(c1)c(-c1cccc3ccsc13)nn2C. The van der Waals surface area contributed by atoms with E-state index in [0.717, 1.165) is 27.9 Å². The molecule has 0 N–H and O–H groups in total. The molecule has 1 aromatic carbocycles. The smallest absolute Gasteiger partial charge is 0.158 e. The second-order valence-electron chi connectivity index (χ2n) is 5.71. The number of benzene rings is 1. The lowest BCUT2D eigenvalue weighted by Gasteiger charge is -2.02. The third kappa shape index (κ3) is 2.33. The van der Waals surface area contributed by atoms with Crippen molar-refractivity contribution in [1.29, 1.82) is 0 Å². The maximum absolute atomic E-state index is 11.4. The van der Waals surface area contributed by atoms with Gasteiger partial charge in [-0.05, 0) is 35.4 Å². The molecule has 0 saturated heterocycles. The van der Waals surface area contributed by atoms with Crippen LogP contribution in [0.1, 0.15) is 12.5 Å². The Morgan fingerprint density at radius 1 is 1.30 bits per heavy atom. The molecule has 0 bridgehead atoms. The first-order valence-electron chi connectivity index (χ1n) is 7.41. The molecule has 0 unspecified atom stereocenters. The zero-order valence-electron chi connectivity index (χ0n) is 12.9. The molecule has 5 heteroatoms. The van der Waals surface area contributed by atoms with Gasteiger partial charge in [-0.25, -0.2) is 9.67 Å². The highest BCUT2D eigenvalue weighted by atomic mass is 32.1. The van der Waals surface area contributed by atoms with E-state index >= 15 is 0 Å². The van der Waals surface area contributed by atoms with E-state index in [1.165, 1.54) is 10.1 Å². The van der Waals surface area contributed by atoms with Gasteiger partial charge in [0.15, 0.2) is 5.65 Å². The lowest BCUT2D eigenvalue weighted by atomic mass is 10.1. The Kier molecular flexibility index (Phi) is 3.23. The number of aromatic nitrogens is 3. The molecule has 0 amide bonds. The Hall–Kier alpha value is -2.53. The van der Waals surface area contributed by atoms with Crippen LogP contribution in [0.3, 0.4) is 0 Å². The van der Waals surface area contributed by atoms with E-state index in [4.69, 9.17) is 0 Å². The molecule has 114 valence electrons. The van der Waals surface area contributed by atoms with Crippen LogP contribution in [0.5, 0.6) is 0 Å². The van der Waals surface area contributed by atoms with Crippen molar-refractivity contribution in [2.45, 2.75) is 13.3 Å². The number of aryl methyl sites for hydroxylation is 1. The van der Waals surface area contributed by atoms with Crippen molar-refractivity contribution in [3.05, 3.63) is 47.5 Å². The summed E-state index contributed by atoms with van der Waals surface area (Å²) in [6.07, 6.45) is 2.17. The standard InChI is InChI=1S/C18H15N3OS/c1-11(22)8-12-9-15-16(20-21(2)18(15)19-10-12)14-5-3-4-13-6-7-23-17(13)14/h3-7,9-10H,8H2,1-2H3. The van der Waals surface area contributed by atoms with Crippen LogP contribution in [0.15, 0.2) is 41.9 Å². The first kappa shape index (κ1) is 14.1. The molecule has 23 heavy (non-hydrogen) atoms. The van der Waals surface area contributed by atoms with E-state index in [0.29, 0.717) is 6.42 Å². The summed E-state index contributed by atoms with van der Waals surface area (Å²) in [4.78, 5) is 15.9. The summed E-state index contributed by atoms with van der Waals surface area (Å²) in [5.74, 6) is 0.136. The molecular weight excluding hydrogens is 306 g/mol. The molecular formula is C18H15N3OS. The second kappa shape index (κ2) is 5.28. The quantitative estimate of drug-likeness (QED) is 0.573. The van der Waals surface area contributed by atoms with E-state index in [1.807, 2.05) is 13.1 Å². The van der Waals surface area contributed by atoms with Crippen LogP contribution in [-0.2, 0) is 18.3 Å². The van der Waals surface area contributed by atoms with E-state index in [2.05, 4.69) is 39.7 Å². The summed E-state index contributed by atoms with van der Waals surface area (Å²) >= 11 is 1.72. The number of hydrogen-bond acceptors (Lipinski definition) is 4. The molecule has 0 aliphatic heterocycles. The number of fused-ring (bicyclic) bond motifs is 2. The molecule has 3 aromatic heterocycles. The van der Waals surface area contributed by atoms with Gasteiger partial charge >= 0.3 is 0 Å². The van der Waals surface area contributed by atoms with E-state index < -0.39 is 0 Å². The van der Waals surface area contributed by atoms with E-state index in [1.54, 1.807) is 29.1 Å². The van der Waals surface area contributed by atoms with Gasteiger partial charge in [-0.15, -0.1) is 11.3 Å². The third-order valence-electron chi connectivity index (χ3n) is 3.92. The number of rotatable bonds is 3. The molecule has 0 spiro atoms. The van der Waals surface area contributed by atoms with Gasteiger partial charge in [0.2, 0.25) is 0 Å². The number of carbonyl (C=O) groups excluding carboxylic acids is 1. The Labute approximate surface area is 137 Å². The van der Waals surface area contributed by atoms with Gasteiger partial charge in [0, 0.05) is 35.3 Å². The summed E-state index contributed by atoms with van der Waals surface area (Å²) in [6, 6.07) is 10.4. The highest BCUT2D eigenvalue weighted by Gasteiger charge is 2.15. The van der Waals surface area contributed by atoms with Crippen molar-refractivity contribution in [2.24, 2.45) is 7.05 Å². The number of pyridine rings is 1. The molecule has 0 fully saturated rings. The number of Topliss-reactive ketones (excluding diaryl/α,β-unsaturated/α-hetero) is 1. The molecule has 3 heterocycles. The number of ketones is 1. The molecule has 4 nitrogen and oxygen atoms in total. The van der Waals surface area contributed by atoms with Gasteiger partial charge < -0.3 is 0 Å². The lowest BCUT2D eigenvalue weighted by Crippen LogP contribution is -1.97. The molecule has 0 radical (unpaired) electrons. The van der Waals surface area contributed by atoms with Gasteiger partial charge in [-0.2, -0.15) is 5.10 Å². The minimum absolute atomic E-state index is 0.136. The summed E-state index contributed by atoms with van der Waals surface area (Å²) in [5, 5.41) is 9.00. The van der Waals surface area contributed by atoms with E-state index in [-0.39, 0.29) is 5.78 Å². The minimum atomic E-state index is 0.136. The predicted molar refractivity (Wildman–Crippen MR) is 93.7 cm³/mol. The summed E-state index contributed by atoms with van der Waals surface area (Å²) in [6.45, 7) is 1.60. The number of thiophene rings is 1. The summed E-state index contributed by atoms with van der Waals surface area (Å²) in [5.41, 5.74) is 3.80. The average molecular weight is 321 g/mol. The average Bonchev–Trinajstić information content (AvgIpc) is 3.11. The normalized spacial score (nSPS) is 11.4. The van der Waals surface area contributed by atoms with Gasteiger partial charge in [0.05, 0.1) is 0 Å². The zero-order chi connectivity index (χ0) is 16.0. The van der Waals surface area contributed by atoms with E-state index in [9.17, 15) is 4.79 Å². The van der Waals surface area contributed by atoms with Crippen molar-refractivity contribution in [2.75, 3.05) is 0 Å². The zero-order valence-corrected chi connectivity index (χ0v) is 13.7. The number of nitrogens with zero attached hydrogens (tertiary/aromatic N) is 3. The topological polar surface area (TPSA) is 47.8 Å². The lowest BCUT2D eigenvalue weighted by molar-refractivity contribution is -0.116. The summed E-state index contributed by atoms with van der Waals surface area (Å²) < 4.78 is 3.03. The molecule has 0 aliphatic rings. The first-order chi connectivity index (χ1) is 11.1. The van der Waals surface area contributed by atoms with Crippen molar-refractivity contribution >= 4 is 38.2 Å². The van der Waals surface area contributed by atoms with Crippen molar-refractivity contribution in [3.8, 4) is 11.3 Å². The fraction of sp³-hybridized carbons (Fsp3) is 0.167. The monoisotopic (exact) mass is 321 g/mol. The fourth-order valence-corrected chi connectivity index (χ4v) is 3.86. The molecule has 0 aliphatic carbocycles. The van der Waals surface area contributed by atoms with Gasteiger partial charge in [-0.1, -0.05) is 18.2 Å². The predicted octanol–water partition coefficient (Wildman–Crippen LogP) is 3.98. The van der Waals surface area contributed by atoms with Gasteiger partial charge in [0.1, 0.15) is 11.5 Å². The highest BCUT2D eigenvalue weighted by molar-refractivity contribution is 7.17. The Balaban J connectivity index is 1.99. The Bertz CT molecular complexity index is 1040. The highest BCUT2D eigenvalue weighted by Crippen LogP contribution is 2.35. The van der Waals surface area contributed by atoms with Crippen LogP contribution in [0.2, 0.25) is 0 Å². The number of hydrogen-bond donors (Lipinski definition) is 0. The van der Waals surface area contributed by atoms with Crippen LogP contribution in [0.25, 0.3) is 32.4 Å². The second-order valence-corrected chi connectivity index (χ2v) is 6.63. The maximum atomic E-state index is 11.4. The largest absolute Gasteiger partial charge is 0.300 e. The van der Waals surface area contributed by atoms with Gasteiger partial charge in [0.25, 0.3) is 0 Å². The van der Waals surface area contributed by atoms with Crippen molar-refractivity contribution in [1.82, 2.24) is 14.8 Å². The first-order valence-corrected chi connectivity index (χ1v) is 8.29. The molecule has 0 saturated carbocycles. The van der Waals surface area contributed by atoms with Crippen LogP contribution >= 0.6 is 11.3 Å². The van der Waals surface area contributed by atoms with Crippen LogP contribution in [0.4, 0.5) is 0 Å². The van der Waals surface area contributed by atoms with Crippen molar-refractivity contribution in [3.63, 3.8) is 0 Å². The Morgan fingerprint density at radius 3 is 3.00 bits per heavy atom. The third-order valence-corrected chi connectivity index (χ3v) is 4.89. The van der Waals surface area contributed by atoms with Gasteiger partial charge in [-0.3, -0.25) is 4.79 Å². The molecule has 0 atom stereocenters. The molecule has 4 aromatic rings. The minimum Gasteiger partial charge on any atom is -0.300 e. The fourth-order valence-electron chi connectivity index (χ4n) is 2.95. The van der Waals surface area contributed by atoms with Crippen molar-refractivity contribution < 1.29 is 4.79 Å². The van der Waals surface area contributed by atoms with Crippen LogP contribution in [0, 0.1) is 0 Å². The van der Waals surface area contributed by atoms with Crippen LogP contribution < -0.4 is 0 Å². The van der Waals surface area contributed by atoms with Crippen LogP contribution in [-0.4, -0.2) is 20.5 Å². The molecule has 4 rings (SSSR count). The maximum Gasteiger partial charge on any atom is 0.158 e. The number of carbonyl (C=O) groups is 1. The Morgan fingerprint density at radius 2 is 2.17 bits per heavy atom.